The highest BCUT2D eigenvalue weighted by atomic mass is 16.5. The topological polar surface area (TPSA) is 83.5 Å². The molecule has 0 saturated carbocycles. The molecule has 1 atom stereocenters. The minimum Gasteiger partial charge on any atom is -0.497 e. The summed E-state index contributed by atoms with van der Waals surface area (Å²) in [4.78, 5) is 32.9. The summed E-state index contributed by atoms with van der Waals surface area (Å²) in [6.45, 7) is 6.51. The molecule has 0 amide bonds. The Hall–Kier alpha value is -3.07. The van der Waals surface area contributed by atoms with E-state index in [4.69, 9.17) is 14.5 Å². The van der Waals surface area contributed by atoms with Gasteiger partial charge in [0.25, 0.3) is 5.56 Å². The Kier molecular flexibility index (Phi) is 5.38. The lowest BCUT2D eigenvalue weighted by Gasteiger charge is -2.33. The van der Waals surface area contributed by atoms with Crippen molar-refractivity contribution in [2.24, 2.45) is 13.0 Å². The van der Waals surface area contributed by atoms with E-state index >= 15 is 0 Å². The van der Waals surface area contributed by atoms with Crippen molar-refractivity contribution in [3.63, 3.8) is 0 Å². The average molecular weight is 413 g/mol. The zero-order chi connectivity index (χ0) is 21.4. The molecule has 0 saturated heterocycles. The fraction of sp³-hybridized carbons (Fsp3) is 0.476. The molecule has 0 N–H and O–H groups in total. The van der Waals surface area contributed by atoms with Crippen LogP contribution in [0.5, 0.6) is 5.75 Å². The van der Waals surface area contributed by atoms with Gasteiger partial charge in [0, 0.05) is 32.4 Å². The van der Waals surface area contributed by atoms with Gasteiger partial charge in [0.1, 0.15) is 5.75 Å². The van der Waals surface area contributed by atoms with E-state index in [0.717, 1.165) is 18.0 Å². The molecule has 0 bridgehead atoms. The first kappa shape index (κ1) is 20.2. The molecular weight excluding hydrogens is 386 g/mol. The van der Waals surface area contributed by atoms with E-state index in [9.17, 15) is 9.59 Å². The van der Waals surface area contributed by atoms with E-state index < -0.39 is 0 Å². The van der Waals surface area contributed by atoms with E-state index in [1.54, 1.807) is 14.2 Å². The highest BCUT2D eigenvalue weighted by Crippen LogP contribution is 2.33. The number of benzene rings is 1. The van der Waals surface area contributed by atoms with Crippen molar-refractivity contribution in [3.05, 3.63) is 45.1 Å². The summed E-state index contributed by atoms with van der Waals surface area (Å²) in [5.41, 5.74) is 1.11. The molecule has 0 spiro atoms. The number of nitrogens with zero attached hydrogens (tertiary/aromatic N) is 5. The van der Waals surface area contributed by atoms with Gasteiger partial charge in [-0.2, -0.15) is 4.98 Å². The van der Waals surface area contributed by atoms with Crippen LogP contribution in [0.15, 0.2) is 33.9 Å². The number of hydrogen-bond acceptors (Lipinski definition) is 6. The average Bonchev–Trinajstić information content (AvgIpc) is 3.13. The van der Waals surface area contributed by atoms with Gasteiger partial charge in [-0.25, -0.2) is 4.79 Å². The van der Waals surface area contributed by atoms with Crippen LogP contribution in [0.4, 0.5) is 11.6 Å². The van der Waals surface area contributed by atoms with Gasteiger partial charge in [0.2, 0.25) is 5.95 Å². The molecule has 2 aromatic heterocycles. The summed E-state index contributed by atoms with van der Waals surface area (Å²) in [5.74, 6) is 1.74. The zero-order valence-electron chi connectivity index (χ0n) is 17.8. The van der Waals surface area contributed by atoms with Gasteiger partial charge in [-0.1, -0.05) is 6.92 Å². The molecule has 3 aromatic rings. The van der Waals surface area contributed by atoms with E-state index in [-0.39, 0.29) is 17.8 Å². The Bertz CT molecular complexity index is 1180. The first-order valence-electron chi connectivity index (χ1n) is 10.2. The molecule has 160 valence electrons. The van der Waals surface area contributed by atoms with Crippen LogP contribution >= 0.6 is 0 Å². The number of fused-ring (bicyclic) bond motifs is 3. The van der Waals surface area contributed by atoms with Crippen molar-refractivity contribution in [3.8, 4) is 5.75 Å². The Labute approximate surface area is 174 Å². The van der Waals surface area contributed by atoms with Crippen LogP contribution < -0.4 is 20.9 Å². The van der Waals surface area contributed by atoms with Crippen molar-refractivity contribution < 1.29 is 9.47 Å². The van der Waals surface area contributed by atoms with Crippen LogP contribution in [-0.2, 0) is 24.9 Å². The number of aromatic nitrogens is 4. The minimum absolute atomic E-state index is 0.216. The third-order valence-corrected chi connectivity index (χ3v) is 5.49. The molecule has 0 fully saturated rings. The summed E-state index contributed by atoms with van der Waals surface area (Å²) in [6.07, 6.45) is 0. The second-order valence-corrected chi connectivity index (χ2v) is 7.60. The maximum Gasteiger partial charge on any atom is 0.332 e. The van der Waals surface area contributed by atoms with Crippen molar-refractivity contribution in [1.29, 1.82) is 0 Å². The minimum atomic E-state index is -0.383. The summed E-state index contributed by atoms with van der Waals surface area (Å²) >= 11 is 0. The van der Waals surface area contributed by atoms with E-state index in [1.807, 2.05) is 35.8 Å². The van der Waals surface area contributed by atoms with Crippen LogP contribution in [0, 0.1) is 5.92 Å². The number of ether oxygens (including phenoxy) is 2. The zero-order valence-corrected chi connectivity index (χ0v) is 17.8. The van der Waals surface area contributed by atoms with E-state index in [2.05, 4.69) is 11.8 Å². The van der Waals surface area contributed by atoms with Gasteiger partial charge in [-0.15, -0.1) is 0 Å². The Morgan fingerprint density at radius 3 is 2.57 bits per heavy atom. The predicted octanol–water partition coefficient (Wildman–Crippen LogP) is 1.73. The van der Waals surface area contributed by atoms with Gasteiger partial charge < -0.3 is 18.9 Å². The molecule has 1 aliphatic rings. The third-order valence-electron chi connectivity index (χ3n) is 5.49. The van der Waals surface area contributed by atoms with Crippen molar-refractivity contribution in [1.82, 2.24) is 18.7 Å². The van der Waals surface area contributed by atoms with Crippen molar-refractivity contribution in [2.75, 3.05) is 31.8 Å². The first-order valence-corrected chi connectivity index (χ1v) is 10.2. The fourth-order valence-electron chi connectivity index (χ4n) is 3.98. The molecular formula is C21H27N5O4. The highest BCUT2D eigenvalue weighted by Gasteiger charge is 2.29. The van der Waals surface area contributed by atoms with Crippen molar-refractivity contribution in [2.45, 2.75) is 26.9 Å². The monoisotopic (exact) mass is 413 g/mol. The summed E-state index contributed by atoms with van der Waals surface area (Å²) in [7, 11) is 3.29. The van der Waals surface area contributed by atoms with Crippen LogP contribution in [0.3, 0.4) is 0 Å². The smallest absolute Gasteiger partial charge is 0.332 e. The molecule has 4 rings (SSSR count). The number of imidazole rings is 1. The number of hydrogen-bond donors (Lipinski definition) is 0. The van der Waals surface area contributed by atoms with Gasteiger partial charge >= 0.3 is 5.69 Å². The molecule has 3 heterocycles. The van der Waals surface area contributed by atoms with E-state index in [1.165, 1.54) is 9.13 Å². The predicted molar refractivity (Wildman–Crippen MR) is 115 cm³/mol. The maximum absolute atomic E-state index is 13.3. The lowest BCUT2D eigenvalue weighted by molar-refractivity contribution is 0.137. The largest absolute Gasteiger partial charge is 0.497 e. The van der Waals surface area contributed by atoms with Crippen LogP contribution in [0.1, 0.15) is 13.8 Å². The second-order valence-electron chi connectivity index (χ2n) is 7.60. The molecule has 0 unspecified atom stereocenters. The maximum atomic E-state index is 13.3. The molecule has 1 aliphatic heterocycles. The molecule has 9 heteroatoms. The summed E-state index contributed by atoms with van der Waals surface area (Å²) in [6, 6.07) is 7.75. The highest BCUT2D eigenvalue weighted by molar-refractivity contribution is 5.77. The normalized spacial score (nSPS) is 16.1. The molecule has 1 aromatic carbocycles. The Morgan fingerprint density at radius 1 is 1.17 bits per heavy atom. The number of methoxy groups -OCH3 is 1. The number of aryl methyl sites for hydroxylation is 1. The fourth-order valence-corrected chi connectivity index (χ4v) is 3.98. The molecule has 9 nitrogen and oxygen atoms in total. The number of anilines is 2. The Balaban J connectivity index is 1.88. The lowest BCUT2D eigenvalue weighted by Crippen LogP contribution is -2.41. The van der Waals surface area contributed by atoms with Gasteiger partial charge in [-0.3, -0.25) is 13.9 Å². The standard InChI is InChI=1S/C21H27N5O4/c1-5-30-11-10-24-19(27)17-18(23(3)21(24)28)22-20-25(12-14(2)13-26(17)20)15-6-8-16(29-4)9-7-15/h6-9,14H,5,10-13H2,1-4H3/t14-/m0/s1. The summed E-state index contributed by atoms with van der Waals surface area (Å²) in [5, 5.41) is 0. The quantitative estimate of drug-likeness (QED) is 0.573. The van der Waals surface area contributed by atoms with Crippen LogP contribution in [0.2, 0.25) is 0 Å². The third kappa shape index (κ3) is 3.28. The second kappa shape index (κ2) is 7.98. The number of rotatable bonds is 6. The lowest BCUT2D eigenvalue weighted by atomic mass is 10.1. The molecule has 0 radical (unpaired) electrons. The molecule has 30 heavy (non-hydrogen) atoms. The van der Waals surface area contributed by atoms with Gasteiger partial charge in [-0.05, 0) is 37.1 Å². The van der Waals surface area contributed by atoms with Gasteiger partial charge in [0.15, 0.2) is 11.2 Å². The summed E-state index contributed by atoms with van der Waals surface area (Å²) < 4.78 is 15.2. The SMILES string of the molecule is CCOCCn1c(=O)c2c(nc3n2C[C@@H](C)CN3c2ccc(OC)cc2)n(C)c1=O. The van der Waals surface area contributed by atoms with Crippen LogP contribution in [-0.4, -0.2) is 45.6 Å². The molecule has 0 aliphatic carbocycles. The van der Waals surface area contributed by atoms with E-state index in [0.29, 0.717) is 42.8 Å². The van der Waals surface area contributed by atoms with Crippen molar-refractivity contribution >= 4 is 22.8 Å². The van der Waals surface area contributed by atoms with Crippen LogP contribution in [0.25, 0.3) is 11.2 Å². The first-order chi connectivity index (χ1) is 14.5. The van der Waals surface area contributed by atoms with Gasteiger partial charge in [0.05, 0.1) is 20.3 Å². The Morgan fingerprint density at radius 2 is 1.90 bits per heavy atom.